The first kappa shape index (κ1) is 36.5. The summed E-state index contributed by atoms with van der Waals surface area (Å²) in [6.07, 6.45) is 1.46. The van der Waals surface area contributed by atoms with Crippen molar-refractivity contribution in [2.45, 2.75) is 31.1 Å². The lowest BCUT2D eigenvalue weighted by Gasteiger charge is -2.35. The smallest absolute Gasteiger partial charge is 0.263 e. The van der Waals surface area contributed by atoms with Gasteiger partial charge in [0.05, 0.1) is 23.9 Å². The number of hydrogen-bond donors (Lipinski definition) is 2. The van der Waals surface area contributed by atoms with Gasteiger partial charge in [0.2, 0.25) is 17.7 Å². The number of anilines is 2. The van der Waals surface area contributed by atoms with E-state index < -0.39 is 10.0 Å². The molecular weight excluding hydrogens is 728 g/mol. The fraction of sp³-hybridized carbons (Fsp3) is 0.250. The van der Waals surface area contributed by atoms with Crippen LogP contribution >= 0.6 is 22.9 Å². The van der Waals surface area contributed by atoms with Crippen LogP contribution in [0.25, 0.3) is 10.9 Å². The summed E-state index contributed by atoms with van der Waals surface area (Å²) in [6, 6.07) is 17.7. The standard InChI is InChI=1S/C36H35ClN6O7S2/c1-23-29(30-21-27(50-2)9-12-31(30)43(23)35(47)24-3-5-25(37)6-4-24)22-34(46)42-18-16-41(17-19-42)33(45)14-13-32(44)39-26-7-10-28(11-8-26)52(48,49)40-36-38-15-20-51-36/h3-12,15,20-21H,13-14,16-19,22H2,1-2H3,(H,38,40)(H,39,44). The van der Waals surface area contributed by atoms with Gasteiger partial charge >= 0.3 is 0 Å². The number of halogens is 1. The van der Waals surface area contributed by atoms with E-state index in [0.29, 0.717) is 65.0 Å². The Morgan fingerprint density at radius 3 is 2.21 bits per heavy atom. The predicted molar refractivity (Wildman–Crippen MR) is 198 cm³/mol. The van der Waals surface area contributed by atoms with Crippen molar-refractivity contribution in [2.24, 2.45) is 0 Å². The van der Waals surface area contributed by atoms with Gasteiger partial charge in [0.15, 0.2) is 5.13 Å². The van der Waals surface area contributed by atoms with Crippen LogP contribution in [0, 0.1) is 6.92 Å². The molecule has 6 rings (SSSR count). The molecule has 0 spiro atoms. The highest BCUT2D eigenvalue weighted by Crippen LogP contribution is 2.31. The molecule has 1 fully saturated rings. The SMILES string of the molecule is COc1ccc2c(c1)c(CC(=O)N1CCN(C(=O)CCC(=O)Nc3ccc(S(=O)(=O)Nc4nccs4)cc3)CC1)c(C)n2C(=O)c1ccc(Cl)cc1. The zero-order chi connectivity index (χ0) is 37.0. The molecule has 1 aliphatic heterocycles. The molecule has 0 aliphatic carbocycles. The molecule has 1 saturated heterocycles. The molecule has 2 N–H and O–H groups in total. The molecule has 52 heavy (non-hydrogen) atoms. The van der Waals surface area contributed by atoms with Gasteiger partial charge in [-0.25, -0.2) is 13.4 Å². The van der Waals surface area contributed by atoms with Crippen molar-refractivity contribution in [3.63, 3.8) is 0 Å². The van der Waals surface area contributed by atoms with Crippen molar-refractivity contribution in [3.8, 4) is 5.75 Å². The Bertz CT molecular complexity index is 2230. The van der Waals surface area contributed by atoms with Crippen molar-refractivity contribution in [2.75, 3.05) is 43.3 Å². The van der Waals surface area contributed by atoms with Gasteiger partial charge in [0.1, 0.15) is 5.75 Å². The molecule has 0 atom stereocenters. The van der Waals surface area contributed by atoms with Gasteiger partial charge in [-0.05, 0) is 79.2 Å². The average Bonchev–Trinajstić information content (AvgIpc) is 3.75. The summed E-state index contributed by atoms with van der Waals surface area (Å²) in [5.74, 6) is -0.369. The minimum absolute atomic E-state index is 0.0138. The summed E-state index contributed by atoms with van der Waals surface area (Å²) in [5, 5.41) is 5.85. The first-order valence-electron chi connectivity index (χ1n) is 16.3. The third-order valence-corrected chi connectivity index (χ3v) is 11.2. The number of aromatic nitrogens is 2. The molecule has 0 unspecified atom stereocenters. The molecule has 0 saturated carbocycles. The lowest BCUT2D eigenvalue weighted by Crippen LogP contribution is -2.51. The number of fused-ring (bicyclic) bond motifs is 1. The molecule has 3 aromatic carbocycles. The number of sulfonamides is 1. The Hall–Kier alpha value is -5.25. The molecule has 270 valence electrons. The number of benzene rings is 3. The van der Waals surface area contributed by atoms with Gasteiger partial charge in [-0.2, -0.15) is 0 Å². The van der Waals surface area contributed by atoms with Crippen LogP contribution in [0.4, 0.5) is 10.8 Å². The largest absolute Gasteiger partial charge is 0.497 e. The van der Waals surface area contributed by atoms with Crippen LogP contribution in [-0.4, -0.2) is 84.7 Å². The van der Waals surface area contributed by atoms with Crippen LogP contribution in [0.2, 0.25) is 5.02 Å². The number of amides is 3. The first-order chi connectivity index (χ1) is 24.9. The fourth-order valence-corrected chi connectivity index (χ4v) is 7.95. The fourth-order valence-electron chi connectivity index (χ4n) is 6.03. The van der Waals surface area contributed by atoms with E-state index in [0.717, 1.165) is 16.7 Å². The number of carbonyl (C=O) groups excluding carboxylic acids is 4. The van der Waals surface area contributed by atoms with Crippen LogP contribution < -0.4 is 14.8 Å². The molecule has 13 nitrogen and oxygen atoms in total. The Labute approximate surface area is 309 Å². The summed E-state index contributed by atoms with van der Waals surface area (Å²) < 4.78 is 34.5. The second-order valence-electron chi connectivity index (χ2n) is 12.0. The number of nitrogens with one attached hydrogen (secondary N) is 2. The molecule has 2 aromatic heterocycles. The van der Waals surface area contributed by atoms with Gasteiger partial charge < -0.3 is 19.9 Å². The number of carbonyl (C=O) groups is 4. The van der Waals surface area contributed by atoms with Crippen LogP contribution in [0.1, 0.15) is 34.5 Å². The third-order valence-electron chi connectivity index (χ3n) is 8.82. The highest BCUT2D eigenvalue weighted by atomic mass is 35.5. The number of hydrogen-bond acceptors (Lipinski definition) is 9. The normalized spacial score (nSPS) is 13.2. The van der Waals surface area contributed by atoms with Crippen molar-refractivity contribution < 1.29 is 32.3 Å². The van der Waals surface area contributed by atoms with Crippen molar-refractivity contribution in [1.29, 1.82) is 0 Å². The summed E-state index contributed by atoms with van der Waals surface area (Å²) in [7, 11) is -2.27. The lowest BCUT2D eigenvalue weighted by atomic mass is 10.1. The summed E-state index contributed by atoms with van der Waals surface area (Å²) in [5.41, 5.74) is 2.87. The molecule has 0 radical (unpaired) electrons. The van der Waals surface area contributed by atoms with E-state index in [1.54, 1.807) is 63.3 Å². The van der Waals surface area contributed by atoms with Crippen molar-refractivity contribution in [3.05, 3.63) is 100 Å². The highest BCUT2D eigenvalue weighted by molar-refractivity contribution is 7.93. The van der Waals surface area contributed by atoms with E-state index in [1.807, 2.05) is 13.0 Å². The quantitative estimate of drug-likeness (QED) is 0.186. The third kappa shape index (κ3) is 8.11. The molecular formula is C36H35ClN6O7S2. The lowest BCUT2D eigenvalue weighted by molar-refractivity contribution is -0.139. The number of methoxy groups -OCH3 is 1. The molecule has 16 heteroatoms. The van der Waals surface area contributed by atoms with E-state index in [9.17, 15) is 27.6 Å². The van der Waals surface area contributed by atoms with Gasteiger partial charge in [-0.1, -0.05) is 11.6 Å². The van der Waals surface area contributed by atoms with Gasteiger partial charge in [0.25, 0.3) is 15.9 Å². The van der Waals surface area contributed by atoms with E-state index >= 15 is 0 Å². The second kappa shape index (κ2) is 15.6. The molecule has 3 amide bonds. The van der Waals surface area contributed by atoms with E-state index in [4.69, 9.17) is 16.3 Å². The first-order valence-corrected chi connectivity index (χ1v) is 19.0. The van der Waals surface area contributed by atoms with Crippen LogP contribution in [-0.2, 0) is 30.8 Å². The molecule has 3 heterocycles. The topological polar surface area (TPSA) is 160 Å². The van der Waals surface area contributed by atoms with Gasteiger partial charge in [-0.15, -0.1) is 11.3 Å². The summed E-state index contributed by atoms with van der Waals surface area (Å²) in [6.45, 7) is 3.11. The number of thiazole rings is 1. The minimum Gasteiger partial charge on any atom is -0.497 e. The van der Waals surface area contributed by atoms with Gasteiger partial charge in [-0.3, -0.25) is 28.5 Å². The average molecular weight is 763 g/mol. The van der Waals surface area contributed by atoms with Crippen LogP contribution in [0.3, 0.4) is 0 Å². The van der Waals surface area contributed by atoms with E-state index in [1.165, 1.54) is 30.5 Å². The Morgan fingerprint density at radius 2 is 1.58 bits per heavy atom. The number of rotatable bonds is 11. The number of nitrogens with zero attached hydrogens (tertiary/aromatic N) is 4. The zero-order valence-corrected chi connectivity index (χ0v) is 30.7. The van der Waals surface area contributed by atoms with E-state index in [2.05, 4.69) is 15.0 Å². The minimum atomic E-state index is -3.83. The molecule has 0 bridgehead atoms. The maximum absolute atomic E-state index is 13.6. The highest BCUT2D eigenvalue weighted by Gasteiger charge is 2.27. The number of ether oxygens (including phenoxy) is 1. The van der Waals surface area contributed by atoms with Crippen molar-refractivity contribution >= 4 is 78.3 Å². The maximum Gasteiger partial charge on any atom is 0.263 e. The predicted octanol–water partition coefficient (Wildman–Crippen LogP) is 5.19. The Morgan fingerprint density at radius 1 is 0.904 bits per heavy atom. The summed E-state index contributed by atoms with van der Waals surface area (Å²) in [4.78, 5) is 60.1. The molecule has 1 aliphatic rings. The monoisotopic (exact) mass is 762 g/mol. The van der Waals surface area contributed by atoms with Gasteiger partial charge in [0, 0.05) is 78.0 Å². The van der Waals surface area contributed by atoms with E-state index in [-0.39, 0.29) is 52.9 Å². The van der Waals surface area contributed by atoms with Crippen LogP contribution in [0.5, 0.6) is 5.75 Å². The van der Waals surface area contributed by atoms with Crippen LogP contribution in [0.15, 0.2) is 83.2 Å². The number of piperazine rings is 1. The maximum atomic E-state index is 13.6. The Balaban J connectivity index is 1.02. The summed E-state index contributed by atoms with van der Waals surface area (Å²) >= 11 is 7.19. The second-order valence-corrected chi connectivity index (χ2v) is 15.1. The van der Waals surface area contributed by atoms with Crippen molar-refractivity contribution in [1.82, 2.24) is 19.4 Å². The molecule has 5 aromatic rings. The zero-order valence-electron chi connectivity index (χ0n) is 28.3. The Kier molecular flexibility index (Phi) is 10.9.